The fourth-order valence-electron chi connectivity index (χ4n) is 4.47. The van der Waals surface area contributed by atoms with Crippen molar-refractivity contribution in [2.45, 2.75) is 26.1 Å². The summed E-state index contributed by atoms with van der Waals surface area (Å²) in [5, 5.41) is 8.26. The lowest BCUT2D eigenvalue weighted by Crippen LogP contribution is -2.16. The van der Waals surface area contributed by atoms with Crippen LogP contribution in [0.5, 0.6) is 0 Å². The molecule has 3 heterocycles. The van der Waals surface area contributed by atoms with E-state index >= 15 is 0 Å². The first kappa shape index (κ1) is 31.2. The smallest absolute Gasteiger partial charge is 0.388 e. The number of aryl methyl sites for hydroxylation is 1. The molecule has 220 valence electrons. The number of hydrogen-bond acceptors (Lipinski definition) is 8. The van der Waals surface area contributed by atoms with Crippen LogP contribution in [0, 0.1) is 24.7 Å². The molecule has 1 saturated heterocycles. The van der Waals surface area contributed by atoms with Crippen molar-refractivity contribution in [2.75, 3.05) is 37.4 Å². The Morgan fingerprint density at radius 1 is 1.21 bits per heavy atom. The van der Waals surface area contributed by atoms with Crippen LogP contribution in [-0.4, -0.2) is 56.7 Å². The van der Waals surface area contributed by atoms with Crippen LogP contribution in [0.15, 0.2) is 42.7 Å². The maximum atomic E-state index is 12.2. The third-order valence-electron chi connectivity index (χ3n) is 6.77. The maximum absolute atomic E-state index is 12.2. The first-order valence-corrected chi connectivity index (χ1v) is 14.5. The van der Waals surface area contributed by atoms with Gasteiger partial charge in [0.25, 0.3) is 0 Å². The SMILES string of the molecule is CNc1ccc(C)c(C#Cc2nn(CC3CCN(SC)C3)c3ncnc(N)c23)c1.O=Cc1ccc(Cl)c(C(F)(F)F)c1. The van der Waals surface area contributed by atoms with Crippen molar-refractivity contribution in [1.29, 1.82) is 0 Å². The molecule has 4 aromatic rings. The number of aromatic nitrogens is 4. The van der Waals surface area contributed by atoms with Crippen LogP contribution in [-0.2, 0) is 12.7 Å². The highest BCUT2D eigenvalue weighted by atomic mass is 35.5. The van der Waals surface area contributed by atoms with Crippen LogP contribution < -0.4 is 11.1 Å². The van der Waals surface area contributed by atoms with Crippen molar-refractivity contribution in [3.63, 3.8) is 0 Å². The normalized spacial score (nSPS) is 15.1. The fourth-order valence-corrected chi connectivity index (χ4v) is 5.35. The van der Waals surface area contributed by atoms with Gasteiger partial charge >= 0.3 is 6.18 Å². The highest BCUT2D eigenvalue weighted by Crippen LogP contribution is 2.34. The number of anilines is 2. The van der Waals surface area contributed by atoms with Gasteiger partial charge in [0.1, 0.15) is 24.1 Å². The molecule has 2 aromatic carbocycles. The topological polar surface area (TPSA) is 102 Å². The van der Waals surface area contributed by atoms with Gasteiger partial charge in [0.2, 0.25) is 0 Å². The highest BCUT2D eigenvalue weighted by Gasteiger charge is 2.33. The highest BCUT2D eigenvalue weighted by molar-refractivity contribution is 7.96. The molecule has 0 aliphatic carbocycles. The van der Waals surface area contributed by atoms with E-state index in [1.807, 2.05) is 23.9 Å². The summed E-state index contributed by atoms with van der Waals surface area (Å²) in [5.74, 6) is 7.43. The number of nitrogen functional groups attached to an aromatic ring is 1. The number of carbonyl (C=O) groups excluding carboxylic acids is 1. The van der Waals surface area contributed by atoms with Crippen molar-refractivity contribution in [3.05, 3.63) is 75.7 Å². The Labute approximate surface area is 251 Å². The largest absolute Gasteiger partial charge is 0.417 e. The molecule has 13 heteroatoms. The predicted octanol–water partition coefficient (Wildman–Crippen LogP) is 5.93. The molecule has 3 N–H and O–H groups in total. The molecule has 1 aliphatic rings. The summed E-state index contributed by atoms with van der Waals surface area (Å²) in [5.41, 5.74) is 9.63. The van der Waals surface area contributed by atoms with E-state index in [-0.39, 0.29) is 5.56 Å². The molecule has 1 unspecified atom stereocenters. The van der Waals surface area contributed by atoms with E-state index in [1.165, 1.54) is 12.4 Å². The molecule has 0 saturated carbocycles. The average Bonchev–Trinajstić information content (AvgIpc) is 3.57. The first-order valence-electron chi connectivity index (χ1n) is 12.9. The molecule has 1 atom stereocenters. The molecule has 1 fully saturated rings. The maximum Gasteiger partial charge on any atom is 0.417 e. The van der Waals surface area contributed by atoms with E-state index in [1.54, 1.807) is 11.9 Å². The van der Waals surface area contributed by atoms with Crippen LogP contribution in [0.1, 0.15) is 39.2 Å². The lowest BCUT2D eigenvalue weighted by molar-refractivity contribution is -0.137. The fraction of sp³-hybridized carbons (Fsp3) is 0.310. The molecule has 0 bridgehead atoms. The summed E-state index contributed by atoms with van der Waals surface area (Å²) in [7, 11) is 1.90. The second-order valence-corrected chi connectivity index (χ2v) is 10.9. The van der Waals surface area contributed by atoms with E-state index < -0.39 is 16.8 Å². The number of hydrogen-bond donors (Lipinski definition) is 2. The summed E-state index contributed by atoms with van der Waals surface area (Å²) in [6, 6.07) is 9.13. The van der Waals surface area contributed by atoms with Gasteiger partial charge in [0, 0.05) is 43.5 Å². The van der Waals surface area contributed by atoms with Gasteiger partial charge < -0.3 is 11.1 Å². The zero-order chi connectivity index (χ0) is 30.4. The second kappa shape index (κ2) is 13.5. The Kier molecular flexibility index (Phi) is 9.98. The molecular formula is C29H29ClF3N7OS. The summed E-state index contributed by atoms with van der Waals surface area (Å²) in [6.45, 7) is 5.02. The Bertz CT molecular complexity index is 1650. The van der Waals surface area contributed by atoms with Gasteiger partial charge in [-0.3, -0.25) is 9.10 Å². The molecule has 42 heavy (non-hydrogen) atoms. The monoisotopic (exact) mass is 615 g/mol. The summed E-state index contributed by atoms with van der Waals surface area (Å²) in [4.78, 5) is 18.8. The molecule has 0 amide bonds. The standard InChI is InChI=1S/C21H25N7S.C8H4ClF3O/c1-14-4-6-17(23-2)10-16(14)5-7-18-19-20(22)24-13-25-21(19)28(26-18)12-15-8-9-27(11-15)29-3;9-7-2-1-5(4-13)3-6(7)8(10,11)12/h4,6,10,13,15,23H,8-9,11-12H2,1-3H3,(H2,22,24,25);1-4H. The molecule has 5 rings (SSSR count). The van der Waals surface area contributed by atoms with Crippen LogP contribution >= 0.6 is 23.5 Å². The number of nitrogens with one attached hydrogen (secondary N) is 1. The van der Waals surface area contributed by atoms with Gasteiger partial charge in [-0.2, -0.15) is 18.3 Å². The number of benzene rings is 2. The van der Waals surface area contributed by atoms with Crippen LogP contribution in [0.3, 0.4) is 0 Å². The molecular weight excluding hydrogens is 587 g/mol. The number of alkyl halides is 3. The van der Waals surface area contributed by atoms with Crippen molar-refractivity contribution in [2.24, 2.45) is 5.92 Å². The quantitative estimate of drug-likeness (QED) is 0.162. The second-order valence-electron chi connectivity index (χ2n) is 9.60. The van der Waals surface area contributed by atoms with Gasteiger partial charge in [-0.05, 0) is 61.3 Å². The molecule has 8 nitrogen and oxygen atoms in total. The minimum absolute atomic E-state index is 0.0447. The average molecular weight is 616 g/mol. The predicted molar refractivity (Wildman–Crippen MR) is 161 cm³/mol. The third-order valence-corrected chi connectivity index (χ3v) is 7.95. The minimum Gasteiger partial charge on any atom is -0.388 e. The number of nitrogens with zero attached hydrogens (tertiary/aromatic N) is 5. The van der Waals surface area contributed by atoms with Gasteiger partial charge in [-0.1, -0.05) is 41.6 Å². The van der Waals surface area contributed by atoms with E-state index in [0.717, 1.165) is 66.0 Å². The summed E-state index contributed by atoms with van der Waals surface area (Å²) < 4.78 is 40.8. The molecule has 0 radical (unpaired) electrons. The minimum atomic E-state index is -4.52. The number of fused-ring (bicyclic) bond motifs is 1. The molecule has 0 spiro atoms. The zero-order valence-corrected chi connectivity index (χ0v) is 24.7. The van der Waals surface area contributed by atoms with E-state index in [2.05, 4.69) is 50.7 Å². The van der Waals surface area contributed by atoms with Gasteiger partial charge in [-0.25, -0.2) is 14.6 Å². The Balaban J connectivity index is 0.000000262. The first-order chi connectivity index (χ1) is 20.0. The summed E-state index contributed by atoms with van der Waals surface area (Å²) in [6.07, 6.45) is 0.593. The molecule has 1 aliphatic heterocycles. The third kappa shape index (κ3) is 7.34. The number of carbonyl (C=O) groups is 1. The number of rotatable bonds is 5. The van der Waals surface area contributed by atoms with Crippen molar-refractivity contribution in [3.8, 4) is 11.8 Å². The van der Waals surface area contributed by atoms with Gasteiger partial charge in [0.05, 0.1) is 16.0 Å². The van der Waals surface area contributed by atoms with Crippen LogP contribution in [0.2, 0.25) is 5.02 Å². The summed E-state index contributed by atoms with van der Waals surface area (Å²) >= 11 is 7.10. The van der Waals surface area contributed by atoms with E-state index in [9.17, 15) is 18.0 Å². The van der Waals surface area contributed by atoms with E-state index in [0.29, 0.717) is 23.7 Å². The Hall–Kier alpha value is -3.79. The van der Waals surface area contributed by atoms with Crippen molar-refractivity contribution < 1.29 is 18.0 Å². The van der Waals surface area contributed by atoms with Crippen LogP contribution in [0.4, 0.5) is 24.7 Å². The lowest BCUT2D eigenvalue weighted by atomic mass is 10.1. The van der Waals surface area contributed by atoms with Gasteiger partial charge in [-0.15, -0.1) is 0 Å². The van der Waals surface area contributed by atoms with Gasteiger partial charge in [0.15, 0.2) is 5.65 Å². The molecule has 2 aromatic heterocycles. The van der Waals surface area contributed by atoms with Crippen molar-refractivity contribution >= 4 is 52.4 Å². The number of aldehydes is 1. The number of nitrogens with two attached hydrogens (primary N) is 1. The van der Waals surface area contributed by atoms with Crippen molar-refractivity contribution in [1.82, 2.24) is 24.1 Å². The lowest BCUT2D eigenvalue weighted by Gasteiger charge is -2.12. The zero-order valence-electron chi connectivity index (χ0n) is 23.2. The Morgan fingerprint density at radius 2 is 2.00 bits per heavy atom. The van der Waals surface area contributed by atoms with Crippen LogP contribution in [0.25, 0.3) is 11.0 Å². The Morgan fingerprint density at radius 3 is 2.67 bits per heavy atom. The van der Waals surface area contributed by atoms with E-state index in [4.69, 9.17) is 22.4 Å². The number of halogens is 4.